The minimum atomic E-state index is -0.200. The SMILES string of the molecule is CCC(C)NC(=O)c1coc(CN(Cc2ccc3c(c2)OCO3)C(C)C(C)C)n1. The van der Waals surface area contributed by atoms with E-state index in [2.05, 4.69) is 36.0 Å². The van der Waals surface area contributed by atoms with E-state index in [4.69, 9.17) is 13.9 Å². The fourth-order valence-electron chi connectivity index (χ4n) is 3.10. The number of aromatic nitrogens is 1. The van der Waals surface area contributed by atoms with Crippen molar-refractivity contribution in [3.8, 4) is 11.5 Å². The molecule has 2 aromatic rings. The van der Waals surface area contributed by atoms with Gasteiger partial charge in [0.1, 0.15) is 6.26 Å². The summed E-state index contributed by atoms with van der Waals surface area (Å²) in [6.45, 7) is 12.1. The Kier molecular flexibility index (Phi) is 6.79. The zero-order valence-electron chi connectivity index (χ0n) is 17.9. The third-order valence-electron chi connectivity index (χ3n) is 5.48. The van der Waals surface area contributed by atoms with Gasteiger partial charge in [0.25, 0.3) is 5.91 Å². The molecule has 0 saturated carbocycles. The van der Waals surface area contributed by atoms with Gasteiger partial charge in [-0.25, -0.2) is 4.98 Å². The molecule has 7 nitrogen and oxygen atoms in total. The minimum Gasteiger partial charge on any atom is -0.454 e. The highest BCUT2D eigenvalue weighted by molar-refractivity contribution is 5.92. The van der Waals surface area contributed by atoms with Crippen LogP contribution in [0, 0.1) is 5.92 Å². The van der Waals surface area contributed by atoms with Crippen molar-refractivity contribution in [1.82, 2.24) is 15.2 Å². The number of carbonyl (C=O) groups excluding carboxylic acids is 1. The molecule has 1 aliphatic rings. The molecule has 0 aliphatic carbocycles. The lowest BCUT2D eigenvalue weighted by molar-refractivity contribution is 0.0934. The summed E-state index contributed by atoms with van der Waals surface area (Å²) < 4.78 is 16.5. The fraction of sp³-hybridized carbons (Fsp3) is 0.545. The van der Waals surface area contributed by atoms with Gasteiger partial charge in [0.05, 0.1) is 6.54 Å². The van der Waals surface area contributed by atoms with Gasteiger partial charge in [-0.1, -0.05) is 26.8 Å². The second kappa shape index (κ2) is 9.31. The number of nitrogens with zero attached hydrogens (tertiary/aromatic N) is 2. The summed E-state index contributed by atoms with van der Waals surface area (Å²) in [6.07, 6.45) is 2.30. The number of rotatable bonds is 9. The molecule has 7 heteroatoms. The average Bonchev–Trinajstić information content (AvgIpc) is 3.35. The molecule has 0 bridgehead atoms. The Morgan fingerprint density at radius 2 is 1.93 bits per heavy atom. The maximum atomic E-state index is 12.3. The zero-order chi connectivity index (χ0) is 21.0. The van der Waals surface area contributed by atoms with Crippen LogP contribution in [0.2, 0.25) is 0 Å². The molecule has 1 amide bonds. The summed E-state index contributed by atoms with van der Waals surface area (Å²) in [7, 11) is 0. The number of fused-ring (bicyclic) bond motifs is 1. The number of hydrogen-bond acceptors (Lipinski definition) is 6. The van der Waals surface area contributed by atoms with Gasteiger partial charge >= 0.3 is 0 Å². The van der Waals surface area contributed by atoms with Gasteiger partial charge < -0.3 is 19.2 Å². The first-order valence-electron chi connectivity index (χ1n) is 10.2. The van der Waals surface area contributed by atoms with Gasteiger partial charge in [-0.15, -0.1) is 0 Å². The molecule has 0 radical (unpaired) electrons. The van der Waals surface area contributed by atoms with Crippen molar-refractivity contribution in [3.63, 3.8) is 0 Å². The lowest BCUT2D eigenvalue weighted by Gasteiger charge is -2.30. The molecule has 1 N–H and O–H groups in total. The number of oxazole rings is 1. The van der Waals surface area contributed by atoms with E-state index in [1.54, 1.807) is 0 Å². The van der Waals surface area contributed by atoms with Gasteiger partial charge in [0.2, 0.25) is 12.7 Å². The standard InChI is InChI=1S/C22H31N3O4/c1-6-15(4)23-22(26)18-12-27-21(24-18)11-25(16(5)14(2)3)10-17-7-8-19-20(9-17)29-13-28-19/h7-9,12,14-16H,6,10-11,13H2,1-5H3,(H,23,26). The second-order valence-corrected chi connectivity index (χ2v) is 7.99. The topological polar surface area (TPSA) is 76.8 Å². The van der Waals surface area contributed by atoms with Crippen molar-refractivity contribution in [2.24, 2.45) is 5.92 Å². The molecule has 1 aromatic heterocycles. The Labute approximate surface area is 172 Å². The third kappa shape index (κ3) is 5.29. The molecule has 158 valence electrons. The Hall–Kier alpha value is -2.54. The Balaban J connectivity index is 1.72. The highest BCUT2D eigenvalue weighted by Gasteiger charge is 2.22. The molecule has 2 atom stereocenters. The number of nitrogens with one attached hydrogen (secondary N) is 1. The Bertz CT molecular complexity index is 833. The molecule has 3 rings (SSSR count). The van der Waals surface area contributed by atoms with E-state index in [1.807, 2.05) is 32.0 Å². The van der Waals surface area contributed by atoms with Gasteiger partial charge in [-0.2, -0.15) is 0 Å². The van der Waals surface area contributed by atoms with Crippen LogP contribution in [0.5, 0.6) is 11.5 Å². The summed E-state index contributed by atoms with van der Waals surface area (Å²) >= 11 is 0. The first-order valence-corrected chi connectivity index (χ1v) is 10.2. The molecule has 2 heterocycles. The normalized spacial score (nSPS) is 15.0. The second-order valence-electron chi connectivity index (χ2n) is 7.99. The quantitative estimate of drug-likeness (QED) is 0.685. The summed E-state index contributed by atoms with van der Waals surface area (Å²) in [4.78, 5) is 19.0. The highest BCUT2D eigenvalue weighted by atomic mass is 16.7. The van der Waals surface area contributed by atoms with Crippen LogP contribution in [0.4, 0.5) is 0 Å². The van der Waals surface area contributed by atoms with Crippen molar-refractivity contribution in [3.05, 3.63) is 41.6 Å². The van der Waals surface area contributed by atoms with Crippen LogP contribution in [0.25, 0.3) is 0 Å². The zero-order valence-corrected chi connectivity index (χ0v) is 17.9. The van der Waals surface area contributed by atoms with Gasteiger partial charge in [-0.3, -0.25) is 9.69 Å². The fourth-order valence-corrected chi connectivity index (χ4v) is 3.10. The smallest absolute Gasteiger partial charge is 0.273 e. The van der Waals surface area contributed by atoms with E-state index in [1.165, 1.54) is 6.26 Å². The summed E-state index contributed by atoms with van der Waals surface area (Å²) in [6, 6.07) is 6.41. The number of hydrogen-bond donors (Lipinski definition) is 1. The highest BCUT2D eigenvalue weighted by Crippen LogP contribution is 2.33. The average molecular weight is 402 g/mol. The van der Waals surface area contributed by atoms with E-state index >= 15 is 0 Å². The maximum Gasteiger partial charge on any atom is 0.273 e. The summed E-state index contributed by atoms with van der Waals surface area (Å²) in [5.41, 5.74) is 1.45. The minimum absolute atomic E-state index is 0.103. The van der Waals surface area contributed by atoms with Gasteiger partial charge in [0, 0.05) is 18.6 Å². The van der Waals surface area contributed by atoms with E-state index in [0.717, 1.165) is 23.5 Å². The molecule has 0 saturated heterocycles. The van der Waals surface area contributed by atoms with Crippen LogP contribution in [-0.2, 0) is 13.1 Å². The molecule has 1 aliphatic heterocycles. The van der Waals surface area contributed by atoms with E-state index in [-0.39, 0.29) is 18.7 Å². The van der Waals surface area contributed by atoms with Gasteiger partial charge in [0.15, 0.2) is 17.2 Å². The Morgan fingerprint density at radius 3 is 2.66 bits per heavy atom. The number of benzene rings is 1. The van der Waals surface area contributed by atoms with Crippen molar-refractivity contribution >= 4 is 5.91 Å². The molecule has 29 heavy (non-hydrogen) atoms. The van der Waals surface area contributed by atoms with Crippen LogP contribution in [0.15, 0.2) is 28.9 Å². The monoisotopic (exact) mass is 401 g/mol. The van der Waals surface area contributed by atoms with Crippen molar-refractivity contribution in [2.75, 3.05) is 6.79 Å². The maximum absolute atomic E-state index is 12.3. The molecule has 1 aromatic carbocycles. The van der Waals surface area contributed by atoms with Crippen LogP contribution in [0.1, 0.15) is 63.0 Å². The number of carbonyl (C=O) groups is 1. The predicted molar refractivity (Wildman–Crippen MR) is 110 cm³/mol. The first-order chi connectivity index (χ1) is 13.9. The lowest BCUT2D eigenvalue weighted by Crippen LogP contribution is -2.36. The molecular formula is C22H31N3O4. The van der Waals surface area contributed by atoms with E-state index < -0.39 is 0 Å². The lowest BCUT2D eigenvalue weighted by atomic mass is 10.0. The van der Waals surface area contributed by atoms with Crippen LogP contribution >= 0.6 is 0 Å². The van der Waals surface area contributed by atoms with Crippen molar-refractivity contribution in [2.45, 2.75) is 66.2 Å². The molecule has 0 fully saturated rings. The van der Waals surface area contributed by atoms with Gasteiger partial charge in [-0.05, 0) is 43.9 Å². The molecular weight excluding hydrogens is 370 g/mol. The van der Waals surface area contributed by atoms with Crippen molar-refractivity contribution in [1.29, 1.82) is 0 Å². The van der Waals surface area contributed by atoms with Crippen LogP contribution in [0.3, 0.4) is 0 Å². The number of amides is 1. The van der Waals surface area contributed by atoms with E-state index in [9.17, 15) is 4.79 Å². The number of ether oxygens (including phenoxy) is 2. The van der Waals surface area contributed by atoms with E-state index in [0.29, 0.717) is 36.6 Å². The van der Waals surface area contributed by atoms with Crippen LogP contribution in [-0.4, -0.2) is 34.7 Å². The van der Waals surface area contributed by atoms with Crippen LogP contribution < -0.4 is 14.8 Å². The molecule has 0 spiro atoms. The first kappa shape index (κ1) is 21.2. The summed E-state index contributed by atoms with van der Waals surface area (Å²) in [5, 5.41) is 2.92. The molecule has 2 unspecified atom stereocenters. The predicted octanol–water partition coefficient (Wildman–Crippen LogP) is 3.98. The largest absolute Gasteiger partial charge is 0.454 e. The van der Waals surface area contributed by atoms with Crippen molar-refractivity contribution < 1.29 is 18.7 Å². The third-order valence-corrected chi connectivity index (χ3v) is 5.48. The Morgan fingerprint density at radius 1 is 1.17 bits per heavy atom. The summed E-state index contributed by atoms with van der Waals surface area (Å²) in [5.74, 6) is 2.34.